The van der Waals surface area contributed by atoms with Crippen LogP contribution in [0.2, 0.25) is 5.02 Å². The van der Waals surface area contributed by atoms with E-state index < -0.39 is 10.0 Å². The number of halogens is 1. The van der Waals surface area contributed by atoms with Crippen LogP contribution in [-0.4, -0.2) is 31.5 Å². The van der Waals surface area contributed by atoms with Crippen LogP contribution in [0.1, 0.15) is 29.9 Å². The lowest BCUT2D eigenvalue weighted by Crippen LogP contribution is -2.26. The first-order valence-corrected chi connectivity index (χ1v) is 10.1. The van der Waals surface area contributed by atoms with Crippen molar-refractivity contribution in [3.05, 3.63) is 46.4 Å². The van der Waals surface area contributed by atoms with Gasteiger partial charge in [-0.2, -0.15) is 0 Å². The molecule has 134 valence electrons. The summed E-state index contributed by atoms with van der Waals surface area (Å²) in [5.41, 5.74) is 1.46. The van der Waals surface area contributed by atoms with Gasteiger partial charge in [-0.1, -0.05) is 17.7 Å². The van der Waals surface area contributed by atoms with Gasteiger partial charge in [-0.05, 0) is 44.4 Å². The molecule has 0 unspecified atom stereocenters. The third kappa shape index (κ3) is 4.29. The van der Waals surface area contributed by atoms with Gasteiger partial charge < -0.3 is 4.90 Å². The van der Waals surface area contributed by atoms with E-state index in [1.807, 2.05) is 13.0 Å². The summed E-state index contributed by atoms with van der Waals surface area (Å²) in [5, 5.41) is 0.383. The topological polar surface area (TPSA) is 75.2 Å². The molecule has 25 heavy (non-hydrogen) atoms. The van der Waals surface area contributed by atoms with Gasteiger partial charge in [0.05, 0.1) is 11.4 Å². The number of aryl methyl sites for hydroxylation is 2. The minimum absolute atomic E-state index is 0.0385. The molecule has 1 saturated heterocycles. The van der Waals surface area contributed by atoms with Gasteiger partial charge in [-0.15, -0.1) is 0 Å². The Bertz CT molecular complexity index is 880. The Kier molecular flexibility index (Phi) is 5.27. The highest BCUT2D eigenvalue weighted by atomic mass is 35.5. The van der Waals surface area contributed by atoms with Gasteiger partial charge in [0.1, 0.15) is 11.6 Å². The second-order valence-electron chi connectivity index (χ2n) is 6.21. The quantitative estimate of drug-likeness (QED) is 0.863. The molecule has 0 saturated carbocycles. The normalized spacial score (nSPS) is 14.9. The van der Waals surface area contributed by atoms with Gasteiger partial charge >= 0.3 is 0 Å². The van der Waals surface area contributed by atoms with Crippen molar-refractivity contribution in [1.82, 2.24) is 14.7 Å². The molecule has 3 rings (SSSR count). The maximum atomic E-state index is 12.6. The second-order valence-corrected chi connectivity index (χ2v) is 8.38. The molecule has 0 radical (unpaired) electrons. The average Bonchev–Trinajstić information content (AvgIpc) is 3.09. The van der Waals surface area contributed by atoms with Gasteiger partial charge in [0.25, 0.3) is 0 Å². The number of nitrogens with zero attached hydrogens (tertiary/aromatic N) is 3. The monoisotopic (exact) mass is 380 g/mol. The third-order valence-corrected chi connectivity index (χ3v) is 5.96. The van der Waals surface area contributed by atoms with E-state index in [0.29, 0.717) is 16.4 Å². The van der Waals surface area contributed by atoms with Crippen LogP contribution in [0.15, 0.2) is 29.2 Å². The van der Waals surface area contributed by atoms with Crippen molar-refractivity contribution in [3.63, 3.8) is 0 Å². The van der Waals surface area contributed by atoms with Gasteiger partial charge in [0.15, 0.2) is 0 Å². The van der Waals surface area contributed by atoms with E-state index in [-0.39, 0.29) is 11.4 Å². The Morgan fingerprint density at radius 2 is 1.88 bits per heavy atom. The largest absolute Gasteiger partial charge is 0.357 e. The first-order chi connectivity index (χ1) is 11.8. The molecule has 0 aliphatic carbocycles. The van der Waals surface area contributed by atoms with Crippen molar-refractivity contribution < 1.29 is 8.42 Å². The molecule has 6 nitrogen and oxygen atoms in total. The maximum Gasteiger partial charge on any atom is 0.241 e. The SMILES string of the molecule is Cc1cc(N2CCCC2)nc(CNS(=O)(=O)c2cc(Cl)ccc2C)n1. The molecule has 8 heteroatoms. The first-order valence-electron chi connectivity index (χ1n) is 8.20. The summed E-state index contributed by atoms with van der Waals surface area (Å²) in [6, 6.07) is 6.74. The second kappa shape index (κ2) is 7.27. The van der Waals surface area contributed by atoms with Crippen LogP contribution in [0.5, 0.6) is 0 Å². The molecule has 0 spiro atoms. The van der Waals surface area contributed by atoms with E-state index in [9.17, 15) is 8.42 Å². The van der Waals surface area contributed by atoms with Crippen LogP contribution in [0, 0.1) is 13.8 Å². The smallest absolute Gasteiger partial charge is 0.241 e. The number of hydrogen-bond donors (Lipinski definition) is 1. The summed E-state index contributed by atoms with van der Waals surface area (Å²) in [7, 11) is -3.68. The molecule has 2 heterocycles. The van der Waals surface area contributed by atoms with Crippen molar-refractivity contribution in [1.29, 1.82) is 0 Å². The first kappa shape index (κ1) is 18.1. The minimum Gasteiger partial charge on any atom is -0.357 e. The Hall–Kier alpha value is -1.70. The highest BCUT2D eigenvalue weighted by Gasteiger charge is 2.19. The zero-order chi connectivity index (χ0) is 18.0. The van der Waals surface area contributed by atoms with E-state index in [1.165, 1.54) is 6.07 Å². The van der Waals surface area contributed by atoms with Gasteiger partial charge in [0, 0.05) is 29.9 Å². The number of rotatable bonds is 5. The number of sulfonamides is 1. The number of aromatic nitrogens is 2. The van der Waals surface area contributed by atoms with Crippen molar-refractivity contribution in [2.24, 2.45) is 0 Å². The van der Waals surface area contributed by atoms with Crippen molar-refractivity contribution in [3.8, 4) is 0 Å². The van der Waals surface area contributed by atoms with Gasteiger partial charge in [-0.25, -0.2) is 23.1 Å². The molecular weight excluding hydrogens is 360 g/mol. The third-order valence-electron chi connectivity index (χ3n) is 4.18. The zero-order valence-corrected chi connectivity index (χ0v) is 15.9. The van der Waals surface area contributed by atoms with E-state index in [0.717, 1.165) is 37.4 Å². The minimum atomic E-state index is -3.68. The van der Waals surface area contributed by atoms with Crippen LogP contribution in [0.25, 0.3) is 0 Å². The average molecular weight is 381 g/mol. The molecule has 1 N–H and O–H groups in total. The molecule has 1 aromatic heterocycles. The molecule has 0 amide bonds. The zero-order valence-electron chi connectivity index (χ0n) is 14.3. The summed E-state index contributed by atoms with van der Waals surface area (Å²) in [5.74, 6) is 1.32. The predicted octanol–water partition coefficient (Wildman–Crippen LogP) is 2.83. The molecule has 1 aliphatic heterocycles. The lowest BCUT2D eigenvalue weighted by Gasteiger charge is -2.17. The highest BCUT2D eigenvalue weighted by Crippen LogP contribution is 2.21. The molecule has 1 aliphatic rings. The fourth-order valence-electron chi connectivity index (χ4n) is 2.90. The van der Waals surface area contributed by atoms with E-state index in [4.69, 9.17) is 11.6 Å². The molecule has 1 aromatic carbocycles. The molecule has 0 bridgehead atoms. The van der Waals surface area contributed by atoms with E-state index in [1.54, 1.807) is 19.1 Å². The summed E-state index contributed by atoms with van der Waals surface area (Å²) in [4.78, 5) is 11.2. The number of anilines is 1. The summed E-state index contributed by atoms with van der Waals surface area (Å²) in [6.07, 6.45) is 2.30. The molecule has 2 aromatic rings. The summed E-state index contributed by atoms with van der Waals surface area (Å²) in [6.45, 7) is 5.61. The van der Waals surface area contributed by atoms with E-state index >= 15 is 0 Å². The fourth-order valence-corrected chi connectivity index (χ4v) is 4.39. The Labute approximate surface area is 153 Å². The summed E-state index contributed by atoms with van der Waals surface area (Å²) >= 11 is 5.93. The Morgan fingerprint density at radius 3 is 2.60 bits per heavy atom. The lowest BCUT2D eigenvalue weighted by molar-refractivity contribution is 0.578. The van der Waals surface area contributed by atoms with Crippen LogP contribution < -0.4 is 9.62 Å². The summed E-state index contributed by atoms with van der Waals surface area (Å²) < 4.78 is 27.7. The van der Waals surface area contributed by atoms with Crippen LogP contribution >= 0.6 is 11.6 Å². The molecule has 1 fully saturated rings. The van der Waals surface area contributed by atoms with Crippen LogP contribution in [0.3, 0.4) is 0 Å². The molecular formula is C17H21ClN4O2S. The van der Waals surface area contributed by atoms with Gasteiger partial charge in [0.2, 0.25) is 10.0 Å². The van der Waals surface area contributed by atoms with Crippen molar-refractivity contribution in [2.45, 2.75) is 38.1 Å². The van der Waals surface area contributed by atoms with Gasteiger partial charge in [-0.3, -0.25) is 0 Å². The number of benzene rings is 1. The molecule has 0 atom stereocenters. The van der Waals surface area contributed by atoms with Crippen molar-refractivity contribution >= 4 is 27.4 Å². The fraction of sp³-hybridized carbons (Fsp3) is 0.412. The Balaban J connectivity index is 1.79. The van der Waals surface area contributed by atoms with Crippen molar-refractivity contribution in [2.75, 3.05) is 18.0 Å². The number of hydrogen-bond acceptors (Lipinski definition) is 5. The van der Waals surface area contributed by atoms with Crippen LogP contribution in [0.4, 0.5) is 5.82 Å². The standard InChI is InChI=1S/C17H21ClN4O2S/c1-12-5-6-14(18)10-15(12)25(23,24)19-11-16-20-13(2)9-17(21-16)22-7-3-4-8-22/h5-6,9-10,19H,3-4,7-8,11H2,1-2H3. The number of nitrogens with one attached hydrogen (secondary N) is 1. The predicted molar refractivity (Wildman–Crippen MR) is 98.4 cm³/mol. The highest BCUT2D eigenvalue weighted by molar-refractivity contribution is 7.89. The Morgan fingerprint density at radius 1 is 1.16 bits per heavy atom. The van der Waals surface area contributed by atoms with E-state index in [2.05, 4.69) is 19.6 Å². The van der Waals surface area contributed by atoms with Crippen LogP contribution in [-0.2, 0) is 16.6 Å². The maximum absolute atomic E-state index is 12.6. The lowest BCUT2D eigenvalue weighted by atomic mass is 10.2.